The molecular weight excluding hydrogens is 330 g/mol. The van der Waals surface area contributed by atoms with E-state index >= 15 is 0 Å². The van der Waals surface area contributed by atoms with Gasteiger partial charge < -0.3 is 4.74 Å². The summed E-state index contributed by atoms with van der Waals surface area (Å²) >= 11 is 3.03. The maximum atomic E-state index is 12.9. The number of thiophene rings is 1. The van der Waals surface area contributed by atoms with Crippen molar-refractivity contribution in [3.8, 4) is 6.07 Å². The van der Waals surface area contributed by atoms with Crippen LogP contribution in [0, 0.1) is 25.2 Å². The highest BCUT2D eigenvalue weighted by atomic mass is 32.2. The number of hydrogen-bond acceptors (Lipinski definition) is 6. The molecule has 5 nitrogen and oxygen atoms in total. The molecule has 0 aliphatic heterocycles. The van der Waals surface area contributed by atoms with E-state index < -0.39 is 0 Å². The number of hydrogen-bond donors (Lipinski definition) is 0. The van der Waals surface area contributed by atoms with Gasteiger partial charge in [-0.05, 0) is 32.8 Å². The molecule has 2 rings (SSSR count). The molecule has 0 radical (unpaired) electrons. The van der Waals surface area contributed by atoms with E-state index in [1.807, 2.05) is 20.8 Å². The third-order valence-corrected chi connectivity index (χ3v) is 5.65. The Balaban J connectivity index is 2.39. The average molecular weight is 351 g/mol. The average Bonchev–Trinajstić information content (AvgIpc) is 2.81. The molecule has 0 saturated carbocycles. The highest BCUT2D eigenvalue weighted by Crippen LogP contribution is 2.28. The van der Waals surface area contributed by atoms with Gasteiger partial charge in [0.05, 0.1) is 11.5 Å². The number of aromatic nitrogens is 2. The Morgan fingerprint density at radius 2 is 2.22 bits per heavy atom. The van der Waals surface area contributed by atoms with Gasteiger partial charge in [0.1, 0.15) is 4.83 Å². The van der Waals surface area contributed by atoms with Gasteiger partial charge in [0.25, 0.3) is 5.56 Å². The largest absolute Gasteiger partial charge is 0.382 e. The fourth-order valence-electron chi connectivity index (χ4n) is 2.27. The molecule has 0 spiro atoms. The van der Waals surface area contributed by atoms with Gasteiger partial charge in [0.2, 0.25) is 0 Å². The molecule has 0 atom stereocenters. The third kappa shape index (κ3) is 4.14. The molecule has 7 heteroatoms. The molecule has 0 aromatic carbocycles. The van der Waals surface area contributed by atoms with E-state index in [-0.39, 0.29) is 5.56 Å². The van der Waals surface area contributed by atoms with E-state index in [0.29, 0.717) is 37.1 Å². The highest BCUT2D eigenvalue weighted by Gasteiger charge is 2.16. The van der Waals surface area contributed by atoms with Crippen LogP contribution in [0.25, 0.3) is 10.2 Å². The van der Waals surface area contributed by atoms with Gasteiger partial charge in [-0.2, -0.15) is 5.26 Å². The summed E-state index contributed by atoms with van der Waals surface area (Å²) in [6, 6.07) is 2.13. The van der Waals surface area contributed by atoms with Gasteiger partial charge in [-0.1, -0.05) is 11.8 Å². The predicted octanol–water partition coefficient (Wildman–Crippen LogP) is 3.51. The van der Waals surface area contributed by atoms with Crippen molar-refractivity contribution in [2.75, 3.05) is 19.0 Å². The van der Waals surface area contributed by atoms with Crippen LogP contribution in [0.5, 0.6) is 0 Å². The van der Waals surface area contributed by atoms with E-state index in [9.17, 15) is 4.79 Å². The van der Waals surface area contributed by atoms with Crippen molar-refractivity contribution in [3.63, 3.8) is 0 Å². The standard InChI is InChI=1S/C16H21N3O2S2/c1-4-21-9-6-8-19-15(20)13-11(2)12(3)23-14(13)18-16(19)22-10-5-7-17/h4-6,8-10H2,1-3H3. The third-order valence-electron chi connectivity index (χ3n) is 3.57. The quantitative estimate of drug-likeness (QED) is 0.413. The van der Waals surface area contributed by atoms with Crippen molar-refractivity contribution in [1.29, 1.82) is 5.26 Å². The van der Waals surface area contributed by atoms with Crippen LogP contribution >= 0.6 is 23.1 Å². The Morgan fingerprint density at radius 3 is 2.91 bits per heavy atom. The second kappa shape index (κ2) is 8.48. The van der Waals surface area contributed by atoms with Gasteiger partial charge in [0.15, 0.2) is 5.16 Å². The summed E-state index contributed by atoms with van der Waals surface area (Å²) in [5.74, 6) is 0.642. The Bertz CT molecular complexity index is 774. The molecule has 0 aliphatic carbocycles. The lowest BCUT2D eigenvalue weighted by Crippen LogP contribution is -2.24. The maximum absolute atomic E-state index is 12.9. The minimum Gasteiger partial charge on any atom is -0.382 e. The van der Waals surface area contributed by atoms with Crippen LogP contribution in [-0.4, -0.2) is 28.5 Å². The smallest absolute Gasteiger partial charge is 0.263 e. The van der Waals surface area contributed by atoms with Crippen LogP contribution in [0.2, 0.25) is 0 Å². The predicted molar refractivity (Wildman–Crippen MR) is 95.4 cm³/mol. The Morgan fingerprint density at radius 1 is 1.43 bits per heavy atom. The highest BCUT2D eigenvalue weighted by molar-refractivity contribution is 7.99. The van der Waals surface area contributed by atoms with Crippen molar-refractivity contribution < 1.29 is 4.74 Å². The second-order valence-electron chi connectivity index (χ2n) is 5.12. The monoisotopic (exact) mass is 351 g/mol. The molecule has 2 heterocycles. The van der Waals surface area contributed by atoms with Gasteiger partial charge >= 0.3 is 0 Å². The molecule has 0 saturated heterocycles. The topological polar surface area (TPSA) is 67.9 Å². The van der Waals surface area contributed by atoms with E-state index in [1.165, 1.54) is 11.8 Å². The molecule has 2 aromatic heterocycles. The zero-order chi connectivity index (χ0) is 16.8. The van der Waals surface area contributed by atoms with Crippen LogP contribution in [0.15, 0.2) is 9.95 Å². The van der Waals surface area contributed by atoms with Crippen LogP contribution < -0.4 is 5.56 Å². The van der Waals surface area contributed by atoms with Crippen LogP contribution in [0.1, 0.15) is 30.2 Å². The van der Waals surface area contributed by atoms with E-state index in [1.54, 1.807) is 15.9 Å². The first-order valence-corrected chi connectivity index (χ1v) is 9.48. The normalized spacial score (nSPS) is 11.0. The molecule has 0 aliphatic rings. The zero-order valence-electron chi connectivity index (χ0n) is 13.7. The number of ether oxygens (including phenoxy) is 1. The minimum absolute atomic E-state index is 0.0211. The number of thioether (sulfide) groups is 1. The van der Waals surface area contributed by atoms with E-state index in [4.69, 9.17) is 10.00 Å². The second-order valence-corrected chi connectivity index (χ2v) is 7.39. The SMILES string of the molecule is CCOCCCn1c(SCCC#N)nc2sc(C)c(C)c2c1=O. The molecular formula is C16H21N3O2S2. The summed E-state index contributed by atoms with van der Waals surface area (Å²) in [4.78, 5) is 19.5. The number of nitriles is 1. The van der Waals surface area contributed by atoms with Gasteiger partial charge in [-0.25, -0.2) is 4.98 Å². The zero-order valence-corrected chi connectivity index (χ0v) is 15.4. The Labute approximate surface area is 144 Å². The lowest BCUT2D eigenvalue weighted by Gasteiger charge is -2.11. The fraction of sp³-hybridized carbons (Fsp3) is 0.562. The van der Waals surface area contributed by atoms with Crippen LogP contribution in [0.4, 0.5) is 0 Å². The maximum Gasteiger partial charge on any atom is 0.263 e. The number of rotatable bonds is 8. The van der Waals surface area contributed by atoms with Crippen molar-refractivity contribution in [3.05, 3.63) is 20.8 Å². The first-order valence-electron chi connectivity index (χ1n) is 7.68. The molecule has 0 N–H and O–H groups in total. The molecule has 0 fully saturated rings. The lowest BCUT2D eigenvalue weighted by atomic mass is 10.2. The van der Waals surface area contributed by atoms with E-state index in [2.05, 4.69) is 11.1 Å². The summed E-state index contributed by atoms with van der Waals surface area (Å²) in [6.45, 7) is 7.85. The van der Waals surface area contributed by atoms with Crippen molar-refractivity contribution >= 4 is 33.3 Å². The van der Waals surface area contributed by atoms with Gasteiger partial charge in [-0.3, -0.25) is 9.36 Å². The number of fused-ring (bicyclic) bond motifs is 1. The molecule has 124 valence electrons. The Hall–Kier alpha value is -1.36. The van der Waals surface area contributed by atoms with Gasteiger partial charge in [0, 0.05) is 36.8 Å². The van der Waals surface area contributed by atoms with Crippen LogP contribution in [0.3, 0.4) is 0 Å². The first kappa shape index (κ1) is 18.0. The van der Waals surface area contributed by atoms with E-state index in [0.717, 1.165) is 27.1 Å². The molecule has 2 aromatic rings. The number of nitrogens with zero attached hydrogens (tertiary/aromatic N) is 3. The summed E-state index contributed by atoms with van der Waals surface area (Å²) < 4.78 is 7.10. The van der Waals surface area contributed by atoms with Crippen molar-refractivity contribution in [1.82, 2.24) is 9.55 Å². The molecule has 23 heavy (non-hydrogen) atoms. The minimum atomic E-state index is 0.0211. The summed E-state index contributed by atoms with van der Waals surface area (Å²) in [5, 5.41) is 10.1. The molecule has 0 amide bonds. The Kier molecular flexibility index (Phi) is 6.63. The van der Waals surface area contributed by atoms with Crippen molar-refractivity contribution in [2.45, 2.75) is 45.3 Å². The lowest BCUT2D eigenvalue weighted by molar-refractivity contribution is 0.140. The number of aryl methyl sites for hydroxylation is 2. The van der Waals surface area contributed by atoms with Crippen molar-refractivity contribution in [2.24, 2.45) is 0 Å². The summed E-state index contributed by atoms with van der Waals surface area (Å²) in [7, 11) is 0. The first-order chi connectivity index (χ1) is 11.1. The van der Waals surface area contributed by atoms with Crippen LogP contribution in [-0.2, 0) is 11.3 Å². The van der Waals surface area contributed by atoms with Gasteiger partial charge in [-0.15, -0.1) is 11.3 Å². The summed E-state index contributed by atoms with van der Waals surface area (Å²) in [5.41, 5.74) is 1.04. The molecule has 0 bridgehead atoms. The molecule has 0 unspecified atom stereocenters. The summed E-state index contributed by atoms with van der Waals surface area (Å²) in [6.07, 6.45) is 1.22. The fourth-order valence-corrected chi connectivity index (χ4v) is 4.21.